The van der Waals surface area contributed by atoms with E-state index in [2.05, 4.69) is 5.32 Å². The van der Waals surface area contributed by atoms with E-state index in [1.54, 1.807) is 11.9 Å². The fraction of sp³-hybridized carbons (Fsp3) is 0.846. The van der Waals surface area contributed by atoms with Gasteiger partial charge in [-0.25, -0.2) is 4.79 Å². The molecule has 5 nitrogen and oxygen atoms in total. The van der Waals surface area contributed by atoms with Crippen LogP contribution in [0.1, 0.15) is 33.6 Å². The van der Waals surface area contributed by atoms with E-state index in [4.69, 9.17) is 4.74 Å². The van der Waals surface area contributed by atoms with Crippen molar-refractivity contribution in [3.63, 3.8) is 0 Å². The first kappa shape index (κ1) is 13.2. The van der Waals surface area contributed by atoms with Crippen molar-refractivity contribution in [2.45, 2.75) is 39.2 Å². The van der Waals surface area contributed by atoms with Crippen molar-refractivity contribution < 1.29 is 14.3 Å². The zero-order valence-corrected chi connectivity index (χ0v) is 11.6. The molecule has 0 aromatic heterocycles. The van der Waals surface area contributed by atoms with Gasteiger partial charge in [0.15, 0.2) is 0 Å². The molecule has 1 saturated carbocycles. The lowest BCUT2D eigenvalue weighted by atomic mass is 10.0. The molecule has 2 atom stereocenters. The molecule has 2 fully saturated rings. The summed E-state index contributed by atoms with van der Waals surface area (Å²) in [4.78, 5) is 25.1. The summed E-state index contributed by atoms with van der Waals surface area (Å²) in [6.07, 6.45) is 1.32. The normalized spacial score (nSPS) is 29.8. The highest BCUT2D eigenvalue weighted by Gasteiger charge is 2.61. The Morgan fingerprint density at radius 2 is 2.11 bits per heavy atom. The minimum Gasteiger partial charge on any atom is -0.444 e. The summed E-state index contributed by atoms with van der Waals surface area (Å²) in [6.45, 7) is 6.97. The zero-order valence-electron chi connectivity index (χ0n) is 11.6. The number of hydrogen-bond donors (Lipinski definition) is 1. The number of rotatable bonds is 2. The van der Waals surface area contributed by atoms with E-state index in [0.29, 0.717) is 18.9 Å². The van der Waals surface area contributed by atoms with E-state index >= 15 is 0 Å². The van der Waals surface area contributed by atoms with Gasteiger partial charge in [0.2, 0.25) is 5.91 Å². The number of nitrogens with zero attached hydrogens (tertiary/aromatic N) is 1. The second-order valence-electron chi connectivity index (χ2n) is 6.47. The van der Waals surface area contributed by atoms with Gasteiger partial charge < -0.3 is 15.0 Å². The standard InChI is InChI=1S/C13H22N2O3/c1-12(2,3)18-11(17)15-7-9-5-13(9,8-15)6-10(16)14-4/h9H,5-8H2,1-4H3,(H,14,16)/t9?,13-/m1/s1. The summed E-state index contributed by atoms with van der Waals surface area (Å²) < 4.78 is 5.35. The maximum absolute atomic E-state index is 11.9. The van der Waals surface area contributed by atoms with Crippen LogP contribution in [0.4, 0.5) is 4.79 Å². The van der Waals surface area contributed by atoms with Crippen molar-refractivity contribution in [3.05, 3.63) is 0 Å². The van der Waals surface area contributed by atoms with Crippen LogP contribution >= 0.6 is 0 Å². The number of amides is 2. The van der Waals surface area contributed by atoms with E-state index in [-0.39, 0.29) is 17.4 Å². The number of likely N-dealkylation sites (tertiary alicyclic amines) is 1. The van der Waals surface area contributed by atoms with Gasteiger partial charge in [0.1, 0.15) is 5.60 Å². The third-order valence-corrected chi connectivity index (χ3v) is 3.75. The fourth-order valence-electron chi connectivity index (χ4n) is 2.74. The minimum absolute atomic E-state index is 0.0248. The summed E-state index contributed by atoms with van der Waals surface area (Å²) in [5.74, 6) is 0.533. The number of nitrogens with one attached hydrogen (secondary N) is 1. The number of carbonyl (C=O) groups excluding carboxylic acids is 2. The van der Waals surface area contributed by atoms with Gasteiger partial charge in [-0.2, -0.15) is 0 Å². The molecule has 1 aliphatic carbocycles. The van der Waals surface area contributed by atoms with Gasteiger partial charge in [-0.15, -0.1) is 0 Å². The lowest BCUT2D eigenvalue weighted by Crippen LogP contribution is -2.37. The van der Waals surface area contributed by atoms with Gasteiger partial charge >= 0.3 is 6.09 Å². The molecule has 0 aromatic carbocycles. The maximum atomic E-state index is 11.9. The number of piperidine rings is 1. The third-order valence-electron chi connectivity index (χ3n) is 3.75. The van der Waals surface area contributed by atoms with Gasteiger partial charge in [-0.1, -0.05) is 0 Å². The summed E-state index contributed by atoms with van der Waals surface area (Å²) in [5.41, 5.74) is -0.436. The smallest absolute Gasteiger partial charge is 0.410 e. The van der Waals surface area contributed by atoms with E-state index in [9.17, 15) is 9.59 Å². The van der Waals surface area contributed by atoms with Gasteiger partial charge in [0.05, 0.1) is 0 Å². The number of carbonyl (C=O) groups is 2. The number of ether oxygens (including phenoxy) is 1. The predicted octanol–water partition coefficient (Wildman–Crippen LogP) is 1.38. The zero-order chi connectivity index (χ0) is 13.6. The Hall–Kier alpha value is -1.26. The molecule has 18 heavy (non-hydrogen) atoms. The van der Waals surface area contributed by atoms with Crippen LogP contribution < -0.4 is 5.32 Å². The molecule has 102 valence electrons. The second kappa shape index (κ2) is 4.14. The van der Waals surface area contributed by atoms with Crippen LogP contribution in [0.2, 0.25) is 0 Å². The molecule has 0 bridgehead atoms. The summed E-state index contributed by atoms with van der Waals surface area (Å²) in [5, 5.41) is 2.65. The van der Waals surface area contributed by atoms with Crippen molar-refractivity contribution in [3.8, 4) is 0 Å². The van der Waals surface area contributed by atoms with Crippen molar-refractivity contribution in [1.29, 1.82) is 0 Å². The lowest BCUT2D eigenvalue weighted by molar-refractivity contribution is -0.121. The Balaban J connectivity index is 1.90. The SMILES string of the molecule is CNC(=O)C[C@@]12CC1CN(C(=O)OC(C)(C)C)C2. The highest BCUT2D eigenvalue weighted by molar-refractivity contribution is 5.77. The van der Waals surface area contributed by atoms with Crippen LogP contribution in [0.15, 0.2) is 0 Å². The summed E-state index contributed by atoms with van der Waals surface area (Å²) in [7, 11) is 1.65. The quantitative estimate of drug-likeness (QED) is 0.810. The Bertz CT molecular complexity index is 375. The Morgan fingerprint density at radius 1 is 1.44 bits per heavy atom. The highest BCUT2D eigenvalue weighted by atomic mass is 16.6. The topological polar surface area (TPSA) is 58.6 Å². The predicted molar refractivity (Wildman–Crippen MR) is 67.0 cm³/mol. The number of hydrogen-bond acceptors (Lipinski definition) is 3. The van der Waals surface area contributed by atoms with E-state index in [1.807, 2.05) is 20.8 Å². The van der Waals surface area contributed by atoms with Crippen LogP contribution in [0.25, 0.3) is 0 Å². The van der Waals surface area contributed by atoms with Crippen molar-refractivity contribution in [2.24, 2.45) is 11.3 Å². The van der Waals surface area contributed by atoms with Crippen molar-refractivity contribution in [2.75, 3.05) is 20.1 Å². The second-order valence-corrected chi connectivity index (χ2v) is 6.47. The molecule has 1 heterocycles. The molecule has 1 aliphatic heterocycles. The van der Waals surface area contributed by atoms with Gasteiger partial charge in [-0.3, -0.25) is 4.79 Å². The molecule has 5 heteroatoms. The Morgan fingerprint density at radius 3 is 2.67 bits per heavy atom. The lowest BCUT2D eigenvalue weighted by Gasteiger charge is -2.26. The molecule has 2 rings (SSSR count). The van der Waals surface area contributed by atoms with Gasteiger partial charge in [0, 0.05) is 32.0 Å². The van der Waals surface area contributed by atoms with E-state index in [0.717, 1.165) is 13.0 Å². The molecular formula is C13H22N2O3. The summed E-state index contributed by atoms with van der Waals surface area (Å²) in [6, 6.07) is 0. The largest absolute Gasteiger partial charge is 0.444 e. The molecule has 0 radical (unpaired) electrons. The average Bonchev–Trinajstić information content (AvgIpc) is 2.77. The number of fused-ring (bicyclic) bond motifs is 1. The van der Waals surface area contributed by atoms with E-state index in [1.165, 1.54) is 0 Å². The van der Waals surface area contributed by atoms with Crippen molar-refractivity contribution in [1.82, 2.24) is 10.2 Å². The molecule has 2 amide bonds. The first-order valence-corrected chi connectivity index (χ1v) is 6.44. The van der Waals surface area contributed by atoms with Crippen molar-refractivity contribution >= 4 is 12.0 Å². The molecule has 0 spiro atoms. The fourth-order valence-corrected chi connectivity index (χ4v) is 2.74. The first-order chi connectivity index (χ1) is 8.26. The van der Waals surface area contributed by atoms with Crippen LogP contribution in [0.5, 0.6) is 0 Å². The van der Waals surface area contributed by atoms with Crippen LogP contribution in [0.3, 0.4) is 0 Å². The Kier molecular flexibility index (Phi) is 3.03. The third kappa shape index (κ3) is 2.60. The highest BCUT2D eigenvalue weighted by Crippen LogP contribution is 2.60. The average molecular weight is 254 g/mol. The van der Waals surface area contributed by atoms with Gasteiger partial charge in [-0.05, 0) is 33.1 Å². The van der Waals surface area contributed by atoms with Crippen LogP contribution in [-0.2, 0) is 9.53 Å². The first-order valence-electron chi connectivity index (χ1n) is 6.44. The summed E-state index contributed by atoms with van der Waals surface area (Å²) >= 11 is 0. The maximum Gasteiger partial charge on any atom is 0.410 e. The molecule has 1 unspecified atom stereocenters. The van der Waals surface area contributed by atoms with Crippen LogP contribution in [-0.4, -0.2) is 42.6 Å². The molecule has 1 N–H and O–H groups in total. The monoisotopic (exact) mass is 254 g/mol. The molecule has 0 aromatic rings. The Labute approximate surface area is 108 Å². The van der Waals surface area contributed by atoms with Crippen LogP contribution in [0, 0.1) is 11.3 Å². The minimum atomic E-state index is -0.460. The molecule has 2 aliphatic rings. The molecule has 1 saturated heterocycles. The van der Waals surface area contributed by atoms with E-state index < -0.39 is 5.60 Å². The van der Waals surface area contributed by atoms with Gasteiger partial charge in [0.25, 0.3) is 0 Å². The molecular weight excluding hydrogens is 232 g/mol.